The first-order valence-corrected chi connectivity index (χ1v) is 17.2. The number of nitrogens with zero attached hydrogens (tertiary/aromatic N) is 1. The zero-order valence-corrected chi connectivity index (χ0v) is 28.2. The third-order valence-corrected chi connectivity index (χ3v) is 10.5. The molecule has 1 saturated carbocycles. The van der Waals surface area contributed by atoms with E-state index in [4.69, 9.17) is 5.73 Å². The van der Waals surface area contributed by atoms with Gasteiger partial charge in [-0.1, -0.05) is 90.5 Å². The van der Waals surface area contributed by atoms with Gasteiger partial charge in [0.05, 0.1) is 29.3 Å². The number of fused-ring (bicyclic) bond motifs is 3. The topological polar surface area (TPSA) is 194 Å². The number of Topliss-reactive ketones (excluding diaryl/α,β-unsaturated/α-hetero) is 2. The maximum atomic E-state index is 14.1. The number of primary amides is 1. The molecule has 3 aliphatic rings. The summed E-state index contributed by atoms with van der Waals surface area (Å²) >= 11 is 0. The summed E-state index contributed by atoms with van der Waals surface area (Å²) in [6.45, 7) is 4.54. The van der Waals surface area contributed by atoms with Gasteiger partial charge in [0.25, 0.3) is 5.91 Å². The van der Waals surface area contributed by atoms with Gasteiger partial charge in [0.1, 0.15) is 22.8 Å². The highest BCUT2D eigenvalue weighted by Crippen LogP contribution is 2.56. The van der Waals surface area contributed by atoms with Gasteiger partial charge < -0.3 is 36.6 Å². The number of carbonyl (C=O) groups is 3. The number of aliphatic hydroxyl groups is 4. The van der Waals surface area contributed by atoms with E-state index in [0.29, 0.717) is 17.8 Å². The second-order valence-corrected chi connectivity index (χ2v) is 13.8. The van der Waals surface area contributed by atoms with Crippen LogP contribution in [0, 0.1) is 11.8 Å². The highest BCUT2D eigenvalue weighted by atomic mass is 16.4. The quantitative estimate of drug-likeness (QED) is 0.0751. The number of rotatable bonds is 16. The Morgan fingerprint density at radius 2 is 1.49 bits per heavy atom. The number of phenolic OH excluding ortho intramolecular Hbond substituents is 1. The highest BCUT2D eigenvalue weighted by molar-refractivity contribution is 6.24. The van der Waals surface area contributed by atoms with Crippen molar-refractivity contribution in [3.8, 4) is 5.75 Å². The molecule has 0 radical (unpaired) electrons. The van der Waals surface area contributed by atoms with E-state index in [9.17, 15) is 39.9 Å². The van der Waals surface area contributed by atoms with E-state index in [1.807, 2.05) is 0 Å². The average molecular weight is 656 g/mol. The largest absolute Gasteiger partial charge is 0.508 e. The van der Waals surface area contributed by atoms with Crippen LogP contribution in [0.15, 0.2) is 29.0 Å². The maximum Gasteiger partial charge on any atom is 0.255 e. The van der Waals surface area contributed by atoms with Crippen LogP contribution in [-0.2, 0) is 14.4 Å². The van der Waals surface area contributed by atoms with Crippen molar-refractivity contribution in [1.29, 1.82) is 0 Å². The van der Waals surface area contributed by atoms with Crippen LogP contribution in [0.5, 0.6) is 5.75 Å². The number of nitrogens with two attached hydrogens (primary N) is 1. The lowest BCUT2D eigenvalue weighted by Gasteiger charge is -2.53. The van der Waals surface area contributed by atoms with Crippen molar-refractivity contribution in [1.82, 2.24) is 4.90 Å². The van der Waals surface area contributed by atoms with Crippen molar-refractivity contribution < 1.29 is 39.9 Å². The molecule has 0 saturated heterocycles. The van der Waals surface area contributed by atoms with Crippen LogP contribution < -0.4 is 11.1 Å². The van der Waals surface area contributed by atoms with Gasteiger partial charge in [-0.3, -0.25) is 19.3 Å². The number of hydrogen-bond donors (Lipinski definition) is 7. The van der Waals surface area contributed by atoms with E-state index < -0.39 is 75.6 Å². The molecule has 4 rings (SSSR count). The number of ketones is 2. The second kappa shape index (κ2) is 15.2. The molecular weight excluding hydrogens is 602 g/mol. The first-order valence-electron chi connectivity index (χ1n) is 17.2. The van der Waals surface area contributed by atoms with Gasteiger partial charge in [0.2, 0.25) is 5.78 Å². The van der Waals surface area contributed by atoms with Crippen molar-refractivity contribution in [2.45, 2.75) is 115 Å². The summed E-state index contributed by atoms with van der Waals surface area (Å²) in [4.78, 5) is 41.0. The lowest BCUT2D eigenvalue weighted by molar-refractivity contribution is -0.169. The van der Waals surface area contributed by atoms with Crippen molar-refractivity contribution in [2.24, 2.45) is 17.6 Å². The minimum absolute atomic E-state index is 0.0133. The fraction of sp³-hybridized carbons (Fsp3) is 0.639. The number of phenols is 1. The summed E-state index contributed by atoms with van der Waals surface area (Å²) in [6, 6.07) is 2.03. The van der Waals surface area contributed by atoms with Gasteiger partial charge in [-0.15, -0.1) is 0 Å². The molecular formula is C36H53N3O8. The molecule has 1 fully saturated rings. The minimum Gasteiger partial charge on any atom is -0.508 e. The van der Waals surface area contributed by atoms with Crippen molar-refractivity contribution >= 4 is 28.9 Å². The summed E-state index contributed by atoms with van der Waals surface area (Å²) in [7, 11) is 2.96. The molecule has 260 valence electrons. The van der Waals surface area contributed by atoms with E-state index >= 15 is 0 Å². The number of benzene rings is 1. The Morgan fingerprint density at radius 1 is 0.936 bits per heavy atom. The van der Waals surface area contributed by atoms with Crippen LogP contribution in [0.3, 0.4) is 0 Å². The van der Waals surface area contributed by atoms with Crippen LogP contribution in [0.1, 0.15) is 108 Å². The molecule has 1 amide bonds. The van der Waals surface area contributed by atoms with E-state index in [2.05, 4.69) is 12.2 Å². The lowest BCUT2D eigenvalue weighted by atomic mass is 9.54. The standard InChI is InChI=1S/C36H53N3O8/c1-5-6-7-8-9-10-11-12-13-14-15-16-19-38-22-18-17-21-20(2)23-25(30(41)24(21)29(22)40)33(44)36(47)27(31(23)42)28(39(3)4)32(43)26(34(36)45)35(37)46/h17-18,20,23,27-28,31,38,40-42,45,47H,5-16,19H2,1-4H3,(H2,37,46)/t20-,23?,27?,28-,31-,36-/m0/s1. The Balaban J connectivity index is 1.50. The predicted molar refractivity (Wildman–Crippen MR) is 180 cm³/mol. The number of anilines is 1. The van der Waals surface area contributed by atoms with E-state index in [-0.39, 0.29) is 11.3 Å². The highest BCUT2D eigenvalue weighted by Gasteiger charge is 2.68. The number of carbonyl (C=O) groups excluding carboxylic acids is 3. The van der Waals surface area contributed by atoms with Crippen LogP contribution in [0.4, 0.5) is 5.69 Å². The fourth-order valence-electron chi connectivity index (χ4n) is 7.95. The Bertz CT molecular complexity index is 1420. The zero-order chi connectivity index (χ0) is 34.6. The zero-order valence-electron chi connectivity index (χ0n) is 28.2. The molecule has 2 unspecified atom stereocenters. The van der Waals surface area contributed by atoms with E-state index in [1.54, 1.807) is 19.1 Å². The summed E-state index contributed by atoms with van der Waals surface area (Å²) in [6.07, 6.45) is 13.1. The molecule has 8 N–H and O–H groups in total. The average Bonchev–Trinajstić information content (AvgIpc) is 3.01. The van der Waals surface area contributed by atoms with Crippen LogP contribution >= 0.6 is 0 Å². The van der Waals surface area contributed by atoms with Crippen molar-refractivity contribution in [2.75, 3.05) is 26.0 Å². The Hall–Kier alpha value is -3.41. The van der Waals surface area contributed by atoms with Gasteiger partial charge in [-0.25, -0.2) is 0 Å². The second-order valence-electron chi connectivity index (χ2n) is 13.8. The molecule has 0 aliphatic heterocycles. The third-order valence-electron chi connectivity index (χ3n) is 10.5. The molecule has 1 aromatic carbocycles. The van der Waals surface area contributed by atoms with Gasteiger partial charge in [-0.05, 0) is 38.1 Å². The predicted octanol–water partition coefficient (Wildman–Crippen LogP) is 4.61. The Morgan fingerprint density at radius 3 is 2.02 bits per heavy atom. The van der Waals surface area contributed by atoms with Gasteiger partial charge in [0.15, 0.2) is 11.4 Å². The molecule has 0 heterocycles. The number of unbranched alkanes of at least 4 members (excludes halogenated alkanes) is 11. The summed E-state index contributed by atoms with van der Waals surface area (Å²) in [5.41, 5.74) is 1.94. The van der Waals surface area contributed by atoms with E-state index in [0.717, 1.165) is 19.3 Å². The maximum absolute atomic E-state index is 14.1. The molecule has 11 nitrogen and oxygen atoms in total. The van der Waals surface area contributed by atoms with Gasteiger partial charge in [-0.2, -0.15) is 0 Å². The number of likely N-dealkylation sites (N-methyl/N-ethyl adjacent to an activating group) is 1. The number of nitrogens with one attached hydrogen (secondary N) is 1. The fourth-order valence-corrected chi connectivity index (χ4v) is 7.95. The molecule has 0 aromatic heterocycles. The first kappa shape index (κ1) is 36.4. The molecule has 6 atom stereocenters. The number of amides is 1. The third kappa shape index (κ3) is 6.67. The SMILES string of the molecule is CCCCCCCCCCCCCCNc1ccc2c(c1O)C(O)=C1C(=O)[C@]3(O)C(O)=C(C(N)=O)C(=O)[C@@H](N(C)C)C3[C@@H](O)C1[C@H]2C. The Labute approximate surface area is 277 Å². The summed E-state index contributed by atoms with van der Waals surface area (Å²) in [5, 5.41) is 60.6. The van der Waals surface area contributed by atoms with Crippen LogP contribution in [0.2, 0.25) is 0 Å². The molecule has 1 aromatic rings. The first-order chi connectivity index (χ1) is 22.3. The molecule has 11 heteroatoms. The van der Waals surface area contributed by atoms with Crippen LogP contribution in [0.25, 0.3) is 5.76 Å². The summed E-state index contributed by atoms with van der Waals surface area (Å²) < 4.78 is 0. The smallest absolute Gasteiger partial charge is 0.255 e. The number of aromatic hydroxyl groups is 1. The Kier molecular flexibility index (Phi) is 11.8. The van der Waals surface area contributed by atoms with Crippen molar-refractivity contribution in [3.05, 3.63) is 40.2 Å². The molecule has 47 heavy (non-hydrogen) atoms. The molecule has 0 bridgehead atoms. The summed E-state index contributed by atoms with van der Waals surface area (Å²) in [5.74, 6) is -8.90. The monoisotopic (exact) mass is 655 g/mol. The van der Waals surface area contributed by atoms with Gasteiger partial charge in [0, 0.05) is 18.0 Å². The molecule has 3 aliphatic carbocycles. The number of aliphatic hydroxyl groups excluding tert-OH is 3. The van der Waals surface area contributed by atoms with Crippen molar-refractivity contribution in [3.63, 3.8) is 0 Å². The minimum atomic E-state index is -2.93. The van der Waals surface area contributed by atoms with E-state index in [1.165, 1.54) is 76.8 Å². The van der Waals surface area contributed by atoms with Gasteiger partial charge >= 0.3 is 0 Å². The lowest BCUT2D eigenvalue weighted by Crippen LogP contribution is -2.70. The van der Waals surface area contributed by atoms with Crippen LogP contribution in [-0.4, -0.2) is 86.3 Å². The molecule has 0 spiro atoms. The normalized spacial score (nSPS) is 27.2. The number of hydrogen-bond acceptors (Lipinski definition) is 10.